The molecule has 0 heterocycles. The molecular weight excluding hydrogens is 268 g/mol. The first-order valence-corrected chi connectivity index (χ1v) is 7.36. The molecule has 5 nitrogen and oxygen atoms in total. The summed E-state index contributed by atoms with van der Waals surface area (Å²) in [7, 11) is 3.97. The molecule has 0 aliphatic heterocycles. The van der Waals surface area contributed by atoms with Crippen molar-refractivity contribution < 1.29 is 15.0 Å². The van der Waals surface area contributed by atoms with E-state index in [9.17, 15) is 9.90 Å². The van der Waals surface area contributed by atoms with E-state index in [1.807, 2.05) is 43.3 Å². The second-order valence-electron chi connectivity index (χ2n) is 6.14. The molecule has 1 saturated carbocycles. The highest BCUT2D eigenvalue weighted by molar-refractivity contribution is 5.70. The summed E-state index contributed by atoms with van der Waals surface area (Å²) in [6.07, 6.45) is 2.16. The quantitative estimate of drug-likeness (QED) is 0.775. The summed E-state index contributed by atoms with van der Waals surface area (Å²) >= 11 is 0. The molecule has 1 aliphatic carbocycles. The van der Waals surface area contributed by atoms with Crippen molar-refractivity contribution in [2.75, 3.05) is 30.9 Å². The van der Waals surface area contributed by atoms with Crippen LogP contribution >= 0.6 is 0 Å². The molecule has 0 bridgehead atoms. The molecular formula is C16H24N2O3. The Morgan fingerprint density at radius 2 is 2.05 bits per heavy atom. The zero-order chi connectivity index (χ0) is 15.5. The summed E-state index contributed by atoms with van der Waals surface area (Å²) in [4.78, 5) is 13.0. The van der Waals surface area contributed by atoms with Gasteiger partial charge in [-0.2, -0.15) is 0 Å². The van der Waals surface area contributed by atoms with E-state index in [-0.39, 0.29) is 5.92 Å². The fraction of sp³-hybridized carbons (Fsp3) is 0.562. The first-order chi connectivity index (χ1) is 9.89. The van der Waals surface area contributed by atoms with Crippen molar-refractivity contribution in [3.05, 3.63) is 24.3 Å². The maximum atomic E-state index is 10.9. The lowest BCUT2D eigenvalue weighted by atomic mass is 9.79. The molecule has 0 spiro atoms. The lowest BCUT2D eigenvalue weighted by Crippen LogP contribution is -2.41. The third-order valence-electron chi connectivity index (χ3n) is 4.25. The highest BCUT2D eigenvalue weighted by Gasteiger charge is 2.35. The number of carboxylic acid groups (broad SMARTS) is 1. The van der Waals surface area contributed by atoms with E-state index >= 15 is 0 Å². The maximum absolute atomic E-state index is 10.9. The first-order valence-electron chi connectivity index (χ1n) is 7.36. The lowest BCUT2D eigenvalue weighted by Gasteiger charge is -2.35. The Balaban J connectivity index is 1.91. The number of nitrogens with zero attached hydrogens (tertiary/aromatic N) is 1. The van der Waals surface area contributed by atoms with Crippen molar-refractivity contribution in [2.24, 2.45) is 5.92 Å². The molecule has 0 amide bonds. The smallest absolute Gasteiger partial charge is 0.306 e. The average Bonchev–Trinajstić information content (AvgIpc) is 2.46. The number of aliphatic hydroxyl groups is 1. The number of hydrogen-bond donors (Lipinski definition) is 3. The fourth-order valence-corrected chi connectivity index (χ4v) is 2.74. The molecule has 1 fully saturated rings. The number of carboxylic acids is 1. The van der Waals surface area contributed by atoms with Crippen molar-refractivity contribution in [2.45, 2.75) is 31.3 Å². The second kappa shape index (κ2) is 6.35. The Labute approximate surface area is 125 Å². The summed E-state index contributed by atoms with van der Waals surface area (Å²) in [5, 5.41) is 22.8. The highest BCUT2D eigenvalue weighted by atomic mass is 16.4. The minimum Gasteiger partial charge on any atom is -0.481 e. The van der Waals surface area contributed by atoms with Crippen LogP contribution in [0.4, 0.5) is 11.4 Å². The third kappa shape index (κ3) is 4.11. The summed E-state index contributed by atoms with van der Waals surface area (Å²) in [6, 6.07) is 8.01. The molecule has 1 aromatic carbocycles. The van der Waals surface area contributed by atoms with Gasteiger partial charge in [0, 0.05) is 32.0 Å². The standard InChI is InChI=1S/C16H24N2O3/c1-18(2)14-5-3-4-13(10-14)17-11-16(21)8-6-12(7-9-16)15(19)20/h3-5,10,12,17,21H,6-9,11H2,1-2H3,(H,19,20). The molecule has 3 N–H and O–H groups in total. The minimum absolute atomic E-state index is 0.303. The van der Waals surface area contributed by atoms with Crippen LogP contribution in [-0.2, 0) is 4.79 Å². The topological polar surface area (TPSA) is 72.8 Å². The second-order valence-corrected chi connectivity index (χ2v) is 6.14. The van der Waals surface area contributed by atoms with E-state index in [0.29, 0.717) is 32.2 Å². The fourth-order valence-electron chi connectivity index (χ4n) is 2.74. The molecule has 0 unspecified atom stereocenters. The largest absolute Gasteiger partial charge is 0.481 e. The van der Waals surface area contributed by atoms with Crippen molar-refractivity contribution in [3.63, 3.8) is 0 Å². The van der Waals surface area contributed by atoms with Gasteiger partial charge in [-0.05, 0) is 43.9 Å². The van der Waals surface area contributed by atoms with Gasteiger partial charge in [0.25, 0.3) is 0 Å². The number of hydrogen-bond acceptors (Lipinski definition) is 4. The van der Waals surface area contributed by atoms with Gasteiger partial charge in [0.2, 0.25) is 0 Å². The molecule has 5 heteroatoms. The molecule has 1 aromatic rings. The van der Waals surface area contributed by atoms with Crippen LogP contribution in [0.3, 0.4) is 0 Å². The van der Waals surface area contributed by atoms with Crippen LogP contribution in [0.25, 0.3) is 0 Å². The summed E-state index contributed by atoms with van der Waals surface area (Å²) < 4.78 is 0. The molecule has 0 aromatic heterocycles. The number of rotatable bonds is 5. The Bertz CT molecular complexity index is 494. The average molecular weight is 292 g/mol. The van der Waals surface area contributed by atoms with Gasteiger partial charge in [0.15, 0.2) is 0 Å². The third-order valence-corrected chi connectivity index (χ3v) is 4.25. The predicted octanol–water partition coefficient (Wildman–Crippen LogP) is 2.17. The highest BCUT2D eigenvalue weighted by Crippen LogP contribution is 2.32. The van der Waals surface area contributed by atoms with Gasteiger partial charge in [0.05, 0.1) is 11.5 Å². The van der Waals surface area contributed by atoms with Crippen LogP contribution < -0.4 is 10.2 Å². The summed E-state index contributed by atoms with van der Waals surface area (Å²) in [5.41, 5.74) is 1.26. The minimum atomic E-state index is -0.805. The van der Waals surface area contributed by atoms with Gasteiger partial charge in [0.1, 0.15) is 0 Å². The number of carbonyl (C=O) groups is 1. The zero-order valence-corrected chi connectivity index (χ0v) is 12.7. The van der Waals surface area contributed by atoms with Crippen molar-refractivity contribution in [1.29, 1.82) is 0 Å². The zero-order valence-electron chi connectivity index (χ0n) is 12.7. The molecule has 0 atom stereocenters. The van der Waals surface area contributed by atoms with Gasteiger partial charge >= 0.3 is 5.97 Å². The maximum Gasteiger partial charge on any atom is 0.306 e. The van der Waals surface area contributed by atoms with E-state index in [1.165, 1.54) is 0 Å². The lowest BCUT2D eigenvalue weighted by molar-refractivity contribution is -0.144. The summed E-state index contributed by atoms with van der Waals surface area (Å²) in [6.45, 7) is 0.455. The molecule has 21 heavy (non-hydrogen) atoms. The van der Waals surface area contributed by atoms with Crippen LogP contribution in [0.5, 0.6) is 0 Å². The van der Waals surface area contributed by atoms with Gasteiger partial charge in [-0.1, -0.05) is 6.07 Å². The number of nitrogens with one attached hydrogen (secondary N) is 1. The molecule has 1 aliphatic rings. The Morgan fingerprint density at radius 1 is 1.38 bits per heavy atom. The van der Waals surface area contributed by atoms with Crippen molar-refractivity contribution in [1.82, 2.24) is 0 Å². The normalized spacial score (nSPS) is 25.4. The number of aliphatic carboxylic acids is 1. The molecule has 0 radical (unpaired) electrons. The first kappa shape index (κ1) is 15.6. The van der Waals surface area contributed by atoms with Crippen LogP contribution in [0.1, 0.15) is 25.7 Å². The van der Waals surface area contributed by atoms with E-state index in [4.69, 9.17) is 5.11 Å². The van der Waals surface area contributed by atoms with Crippen molar-refractivity contribution >= 4 is 17.3 Å². The van der Waals surface area contributed by atoms with Crippen molar-refractivity contribution in [3.8, 4) is 0 Å². The Morgan fingerprint density at radius 3 is 2.62 bits per heavy atom. The van der Waals surface area contributed by atoms with Gasteiger partial charge in [-0.3, -0.25) is 4.79 Å². The Kier molecular flexibility index (Phi) is 4.73. The van der Waals surface area contributed by atoms with E-state index in [1.54, 1.807) is 0 Å². The van der Waals surface area contributed by atoms with Gasteiger partial charge in [-0.15, -0.1) is 0 Å². The van der Waals surface area contributed by atoms with Crippen LogP contribution in [0.2, 0.25) is 0 Å². The number of benzene rings is 1. The monoisotopic (exact) mass is 292 g/mol. The van der Waals surface area contributed by atoms with Crippen LogP contribution in [0.15, 0.2) is 24.3 Å². The van der Waals surface area contributed by atoms with E-state index in [0.717, 1.165) is 11.4 Å². The Hall–Kier alpha value is -1.75. The molecule has 116 valence electrons. The van der Waals surface area contributed by atoms with Gasteiger partial charge in [-0.25, -0.2) is 0 Å². The molecule has 2 rings (SSSR count). The molecule has 0 saturated heterocycles. The van der Waals surface area contributed by atoms with Gasteiger partial charge < -0.3 is 20.4 Å². The van der Waals surface area contributed by atoms with Crippen LogP contribution in [0, 0.1) is 5.92 Å². The SMILES string of the molecule is CN(C)c1cccc(NCC2(O)CCC(C(=O)O)CC2)c1. The predicted molar refractivity (Wildman–Crippen MR) is 83.8 cm³/mol. The number of anilines is 2. The van der Waals surface area contributed by atoms with E-state index < -0.39 is 11.6 Å². The van der Waals surface area contributed by atoms with E-state index in [2.05, 4.69) is 5.32 Å². The summed E-state index contributed by atoms with van der Waals surface area (Å²) in [5.74, 6) is -1.05. The van der Waals surface area contributed by atoms with Crippen LogP contribution in [-0.4, -0.2) is 42.4 Å².